The molecule has 0 unspecified atom stereocenters. The van der Waals surface area contributed by atoms with Crippen LogP contribution >= 0.6 is 11.6 Å². The first-order chi connectivity index (χ1) is 7.34. The number of hydrogen-bond donors (Lipinski definition) is 0. The molecular formula is C9H6ClF2NO3. The van der Waals surface area contributed by atoms with Crippen molar-refractivity contribution in [3.63, 3.8) is 0 Å². The largest absolute Gasteiger partial charge is 0.295 e. The van der Waals surface area contributed by atoms with Crippen LogP contribution in [-0.4, -0.2) is 10.7 Å². The Balaban J connectivity index is 3.52. The number of nitro groups is 1. The van der Waals surface area contributed by atoms with E-state index in [9.17, 15) is 23.7 Å². The molecular weight excluding hydrogens is 244 g/mol. The third-order valence-corrected chi connectivity index (χ3v) is 2.24. The van der Waals surface area contributed by atoms with Gasteiger partial charge in [-0.05, 0) is 13.0 Å². The molecule has 1 aromatic carbocycles. The van der Waals surface area contributed by atoms with Gasteiger partial charge in [0.05, 0.1) is 9.95 Å². The molecule has 0 radical (unpaired) electrons. The third-order valence-electron chi connectivity index (χ3n) is 1.93. The normalized spacial score (nSPS) is 10.6. The summed E-state index contributed by atoms with van der Waals surface area (Å²) in [5.74, 6) is -0.481. The first kappa shape index (κ1) is 12.5. The SMILES string of the molecule is CC(=O)c1cc(Cl)c(C(F)F)c([N+](=O)[O-])c1. The number of carbonyl (C=O) groups excluding carboxylic acids is 1. The lowest BCUT2D eigenvalue weighted by Crippen LogP contribution is -2.01. The van der Waals surface area contributed by atoms with Crippen LogP contribution in [0, 0.1) is 10.1 Å². The highest BCUT2D eigenvalue weighted by molar-refractivity contribution is 6.32. The maximum Gasteiger partial charge on any atom is 0.280 e. The van der Waals surface area contributed by atoms with E-state index in [1.807, 2.05) is 0 Å². The van der Waals surface area contributed by atoms with Gasteiger partial charge in [0.15, 0.2) is 5.78 Å². The second kappa shape index (κ2) is 4.52. The van der Waals surface area contributed by atoms with Gasteiger partial charge in [-0.2, -0.15) is 0 Å². The van der Waals surface area contributed by atoms with Gasteiger partial charge in [-0.25, -0.2) is 8.78 Å². The van der Waals surface area contributed by atoms with Crippen LogP contribution in [0.2, 0.25) is 5.02 Å². The van der Waals surface area contributed by atoms with E-state index < -0.39 is 33.4 Å². The lowest BCUT2D eigenvalue weighted by molar-refractivity contribution is -0.386. The Morgan fingerprint density at radius 1 is 1.50 bits per heavy atom. The lowest BCUT2D eigenvalue weighted by atomic mass is 10.1. The molecule has 0 N–H and O–H groups in total. The molecule has 0 aliphatic carbocycles. The summed E-state index contributed by atoms with van der Waals surface area (Å²) in [4.78, 5) is 20.6. The van der Waals surface area contributed by atoms with Crippen molar-refractivity contribution in [2.24, 2.45) is 0 Å². The number of nitro benzene ring substituents is 1. The molecule has 0 heterocycles. The maximum atomic E-state index is 12.5. The van der Waals surface area contributed by atoms with Crippen molar-refractivity contribution in [1.82, 2.24) is 0 Å². The number of alkyl halides is 2. The Morgan fingerprint density at radius 2 is 2.06 bits per heavy atom. The maximum absolute atomic E-state index is 12.5. The van der Waals surface area contributed by atoms with Crippen molar-refractivity contribution in [3.05, 3.63) is 38.4 Å². The highest BCUT2D eigenvalue weighted by Gasteiger charge is 2.26. The van der Waals surface area contributed by atoms with Crippen LogP contribution in [-0.2, 0) is 0 Å². The predicted molar refractivity (Wildman–Crippen MR) is 53.1 cm³/mol. The van der Waals surface area contributed by atoms with Crippen molar-refractivity contribution in [2.45, 2.75) is 13.3 Å². The van der Waals surface area contributed by atoms with Gasteiger partial charge in [0.25, 0.3) is 12.1 Å². The van der Waals surface area contributed by atoms with Crippen LogP contribution in [0.1, 0.15) is 29.3 Å². The summed E-state index contributed by atoms with van der Waals surface area (Å²) in [7, 11) is 0. The van der Waals surface area contributed by atoms with Gasteiger partial charge >= 0.3 is 0 Å². The van der Waals surface area contributed by atoms with Crippen molar-refractivity contribution in [1.29, 1.82) is 0 Å². The zero-order valence-electron chi connectivity index (χ0n) is 8.04. The van der Waals surface area contributed by atoms with Gasteiger partial charge in [-0.1, -0.05) is 11.6 Å². The summed E-state index contributed by atoms with van der Waals surface area (Å²) >= 11 is 5.48. The van der Waals surface area contributed by atoms with E-state index in [0.717, 1.165) is 19.1 Å². The Bertz CT molecular complexity index is 462. The average Bonchev–Trinajstić information content (AvgIpc) is 2.15. The molecule has 86 valence electrons. The van der Waals surface area contributed by atoms with Crippen molar-refractivity contribution >= 4 is 23.1 Å². The second-order valence-electron chi connectivity index (χ2n) is 3.00. The van der Waals surface area contributed by atoms with Crippen LogP contribution in [0.5, 0.6) is 0 Å². The van der Waals surface area contributed by atoms with Gasteiger partial charge in [0.1, 0.15) is 5.56 Å². The predicted octanol–water partition coefficient (Wildman–Crippen LogP) is 3.39. The van der Waals surface area contributed by atoms with Crippen LogP contribution < -0.4 is 0 Å². The van der Waals surface area contributed by atoms with Crippen LogP contribution in [0.4, 0.5) is 14.5 Å². The standard InChI is InChI=1S/C9H6ClF2NO3/c1-4(14)5-2-6(10)8(9(11)12)7(3-5)13(15)16/h2-3,9H,1H3. The quantitative estimate of drug-likeness (QED) is 0.469. The highest BCUT2D eigenvalue weighted by atomic mass is 35.5. The van der Waals surface area contributed by atoms with Crippen LogP contribution in [0.15, 0.2) is 12.1 Å². The number of rotatable bonds is 3. The van der Waals surface area contributed by atoms with Crippen LogP contribution in [0.25, 0.3) is 0 Å². The molecule has 1 aromatic rings. The van der Waals surface area contributed by atoms with E-state index in [1.54, 1.807) is 0 Å². The fraction of sp³-hybridized carbons (Fsp3) is 0.222. The molecule has 0 saturated carbocycles. The summed E-state index contributed by atoms with van der Waals surface area (Å²) in [6, 6.07) is 1.80. The van der Waals surface area contributed by atoms with Crippen molar-refractivity contribution < 1.29 is 18.5 Å². The topological polar surface area (TPSA) is 60.2 Å². The fourth-order valence-corrected chi connectivity index (χ4v) is 1.47. The highest BCUT2D eigenvalue weighted by Crippen LogP contribution is 2.36. The molecule has 0 atom stereocenters. The molecule has 0 aliphatic rings. The monoisotopic (exact) mass is 249 g/mol. The average molecular weight is 250 g/mol. The molecule has 0 saturated heterocycles. The second-order valence-corrected chi connectivity index (χ2v) is 3.41. The van der Waals surface area contributed by atoms with Gasteiger partial charge in [-0.3, -0.25) is 14.9 Å². The number of hydrogen-bond acceptors (Lipinski definition) is 3. The number of Topliss-reactive ketones (excluding diaryl/α,β-unsaturated/α-hetero) is 1. The van der Waals surface area contributed by atoms with E-state index in [1.165, 1.54) is 0 Å². The van der Waals surface area contributed by atoms with Crippen molar-refractivity contribution in [2.75, 3.05) is 0 Å². The number of benzene rings is 1. The zero-order valence-corrected chi connectivity index (χ0v) is 8.79. The lowest BCUT2D eigenvalue weighted by Gasteiger charge is -2.06. The summed E-state index contributed by atoms with van der Waals surface area (Å²) < 4.78 is 25.0. The Morgan fingerprint density at radius 3 is 2.44 bits per heavy atom. The van der Waals surface area contributed by atoms with Crippen LogP contribution in [0.3, 0.4) is 0 Å². The molecule has 4 nitrogen and oxygen atoms in total. The fourth-order valence-electron chi connectivity index (χ4n) is 1.17. The van der Waals surface area contributed by atoms with E-state index in [0.29, 0.717) is 0 Å². The summed E-state index contributed by atoms with van der Waals surface area (Å²) in [6.07, 6.45) is -3.06. The van der Waals surface area contributed by atoms with Gasteiger partial charge in [-0.15, -0.1) is 0 Å². The van der Waals surface area contributed by atoms with Gasteiger partial charge in [0.2, 0.25) is 0 Å². The molecule has 16 heavy (non-hydrogen) atoms. The van der Waals surface area contributed by atoms with E-state index in [2.05, 4.69) is 0 Å². The van der Waals surface area contributed by atoms with Crippen molar-refractivity contribution in [3.8, 4) is 0 Å². The minimum atomic E-state index is -3.06. The Labute approximate surface area is 94.0 Å². The third kappa shape index (κ3) is 2.33. The molecule has 0 aliphatic heterocycles. The number of nitrogens with zero attached hydrogens (tertiary/aromatic N) is 1. The summed E-state index contributed by atoms with van der Waals surface area (Å²) in [5.41, 5.74) is -1.77. The number of ketones is 1. The first-order valence-electron chi connectivity index (χ1n) is 4.11. The van der Waals surface area contributed by atoms with E-state index in [4.69, 9.17) is 11.6 Å². The smallest absolute Gasteiger partial charge is 0.280 e. The Hall–Kier alpha value is -1.56. The summed E-state index contributed by atoms with van der Waals surface area (Å²) in [6.45, 7) is 1.16. The first-order valence-corrected chi connectivity index (χ1v) is 4.49. The minimum absolute atomic E-state index is 0.0684. The van der Waals surface area contributed by atoms with Gasteiger partial charge in [0, 0.05) is 11.6 Å². The number of halogens is 3. The molecule has 0 amide bonds. The van der Waals surface area contributed by atoms with E-state index >= 15 is 0 Å². The molecule has 0 bridgehead atoms. The zero-order chi connectivity index (χ0) is 12.5. The molecule has 0 spiro atoms. The molecule has 0 fully saturated rings. The minimum Gasteiger partial charge on any atom is -0.295 e. The summed E-state index contributed by atoms with van der Waals surface area (Å²) in [5, 5.41) is 10.1. The van der Waals surface area contributed by atoms with E-state index in [-0.39, 0.29) is 5.56 Å². The molecule has 7 heteroatoms. The molecule has 0 aromatic heterocycles. The Kier molecular flexibility index (Phi) is 3.54. The number of carbonyl (C=O) groups is 1. The van der Waals surface area contributed by atoms with Gasteiger partial charge < -0.3 is 0 Å². The molecule has 1 rings (SSSR count).